The molecule has 0 rings (SSSR count). The van der Waals surface area contributed by atoms with Crippen LogP contribution in [0.4, 0.5) is 0 Å². The Balaban J connectivity index is 5.26. The van der Waals surface area contributed by atoms with E-state index in [0.29, 0.717) is 25.7 Å². The summed E-state index contributed by atoms with van der Waals surface area (Å²) in [7, 11) is -9.93. The first-order valence-electron chi connectivity index (χ1n) is 42.5. The lowest BCUT2D eigenvalue weighted by Gasteiger charge is -2.21. The van der Waals surface area contributed by atoms with E-state index in [1.807, 2.05) is 0 Å². The fourth-order valence-electron chi connectivity index (χ4n) is 12.4. The number of esters is 4. The van der Waals surface area contributed by atoms with Gasteiger partial charge in [-0.3, -0.25) is 37.3 Å². The maximum atomic E-state index is 13.1. The number of ether oxygens (including phenoxy) is 4. The number of unbranched alkanes of at least 4 members (excludes halogenated alkanes) is 50. The minimum Gasteiger partial charge on any atom is -0.462 e. The fraction of sp³-hybridized carbons (Fsp3) is 0.904. The molecule has 602 valence electrons. The zero-order valence-electron chi connectivity index (χ0n) is 66.2. The molecule has 102 heavy (non-hydrogen) atoms. The van der Waals surface area contributed by atoms with Gasteiger partial charge < -0.3 is 33.8 Å². The number of aliphatic hydroxyl groups is 1. The number of carbonyl (C=O) groups excluding carboxylic acids is 4. The number of allylic oxidation sites excluding steroid dienone is 4. The van der Waals surface area contributed by atoms with Crippen LogP contribution < -0.4 is 0 Å². The predicted octanol–water partition coefficient (Wildman–Crippen LogP) is 24.8. The summed E-state index contributed by atoms with van der Waals surface area (Å²) in [5.74, 6) is -1.33. The zero-order valence-corrected chi connectivity index (χ0v) is 68.0. The van der Waals surface area contributed by atoms with E-state index in [1.54, 1.807) is 0 Å². The molecule has 0 aliphatic carbocycles. The van der Waals surface area contributed by atoms with Gasteiger partial charge in [-0.25, -0.2) is 9.13 Å². The summed E-state index contributed by atoms with van der Waals surface area (Å²) in [6, 6.07) is 0. The van der Waals surface area contributed by atoms with Gasteiger partial charge in [0.15, 0.2) is 12.2 Å². The van der Waals surface area contributed by atoms with E-state index in [-0.39, 0.29) is 25.7 Å². The van der Waals surface area contributed by atoms with E-state index < -0.39 is 97.5 Å². The molecule has 0 aromatic heterocycles. The fourth-order valence-corrected chi connectivity index (χ4v) is 14.0. The van der Waals surface area contributed by atoms with Gasteiger partial charge in [0.1, 0.15) is 19.3 Å². The summed E-state index contributed by atoms with van der Waals surface area (Å²) in [6.45, 7) is 7.30. The highest BCUT2D eigenvalue weighted by molar-refractivity contribution is 7.47. The molecule has 0 aromatic rings. The summed E-state index contributed by atoms with van der Waals surface area (Å²) in [6.07, 6.45) is 70.2. The van der Waals surface area contributed by atoms with Crippen LogP contribution >= 0.6 is 15.6 Å². The number of phosphoric acid groups is 2. The molecule has 0 aromatic carbocycles. The highest BCUT2D eigenvalue weighted by Crippen LogP contribution is 2.45. The van der Waals surface area contributed by atoms with E-state index >= 15 is 0 Å². The largest absolute Gasteiger partial charge is 0.472 e. The van der Waals surface area contributed by atoms with Gasteiger partial charge in [0.25, 0.3) is 0 Å². The Hall–Kier alpha value is -2.46. The first-order valence-corrected chi connectivity index (χ1v) is 45.4. The summed E-state index contributed by atoms with van der Waals surface area (Å²) >= 11 is 0. The maximum Gasteiger partial charge on any atom is 0.472 e. The molecule has 0 fully saturated rings. The van der Waals surface area contributed by atoms with E-state index in [1.165, 1.54) is 231 Å². The van der Waals surface area contributed by atoms with Gasteiger partial charge in [-0.05, 0) is 57.3 Å². The van der Waals surface area contributed by atoms with Gasteiger partial charge in [-0.1, -0.05) is 367 Å². The number of aliphatic hydroxyl groups excluding tert-OH is 1. The van der Waals surface area contributed by atoms with E-state index in [4.69, 9.17) is 37.0 Å². The van der Waals surface area contributed by atoms with E-state index in [9.17, 15) is 43.2 Å². The average molecular weight is 1490 g/mol. The second kappa shape index (κ2) is 75.4. The van der Waals surface area contributed by atoms with Gasteiger partial charge in [0, 0.05) is 25.7 Å². The second-order valence-corrected chi connectivity index (χ2v) is 32.6. The Bertz CT molecular complexity index is 2040. The lowest BCUT2D eigenvalue weighted by Crippen LogP contribution is -2.30. The Morgan fingerprint density at radius 2 is 0.529 bits per heavy atom. The number of rotatable bonds is 81. The molecule has 0 spiro atoms. The van der Waals surface area contributed by atoms with Gasteiger partial charge in [-0.2, -0.15) is 0 Å². The summed E-state index contributed by atoms with van der Waals surface area (Å²) in [4.78, 5) is 73.1. The standard InChI is InChI=1S/C83H158O17P2/c1-6-9-12-15-18-21-24-26-28-29-30-31-35-40-44-49-54-59-64-69-83(88)100-79(73-94-81(86)67-62-57-52-47-42-38-36-32-34-37-41-45-50-55-60-65-76(4)5)75-98-102(91,92)96-71-77(84)70-95-101(89,90)97-74-78(72-93-80(85)66-61-56-51-46-23-20-17-14-11-8-3)99-82(87)68-63-58-53-48-43-39-33-27-25-22-19-16-13-10-7-2/h22,25,27,33,76-79,84H,6-21,23-24,26,28-32,34-75H2,1-5H3,(H,89,90)(H,91,92)/b25-22-,33-27-/t77-,78+,79+/m0/s1. The lowest BCUT2D eigenvalue weighted by molar-refractivity contribution is -0.161. The monoisotopic (exact) mass is 1490 g/mol. The van der Waals surface area contributed by atoms with Crippen LogP contribution in [0.1, 0.15) is 420 Å². The second-order valence-electron chi connectivity index (χ2n) is 29.7. The van der Waals surface area contributed by atoms with Crippen molar-refractivity contribution in [2.45, 2.75) is 438 Å². The Morgan fingerprint density at radius 1 is 0.304 bits per heavy atom. The van der Waals surface area contributed by atoms with E-state index in [0.717, 1.165) is 109 Å². The van der Waals surface area contributed by atoms with Crippen molar-refractivity contribution >= 4 is 39.5 Å². The van der Waals surface area contributed by atoms with E-state index in [2.05, 4.69) is 58.9 Å². The van der Waals surface area contributed by atoms with Crippen molar-refractivity contribution in [3.05, 3.63) is 24.3 Å². The number of carbonyl (C=O) groups is 4. The molecule has 0 saturated heterocycles. The first kappa shape index (κ1) is 99.5. The third-order valence-electron chi connectivity index (χ3n) is 18.9. The van der Waals surface area contributed by atoms with Gasteiger partial charge >= 0.3 is 39.5 Å². The highest BCUT2D eigenvalue weighted by Gasteiger charge is 2.30. The molecule has 5 atom stereocenters. The van der Waals surface area contributed by atoms with Crippen LogP contribution in [0.3, 0.4) is 0 Å². The molecular weight excluding hydrogens is 1330 g/mol. The Morgan fingerprint density at radius 3 is 0.804 bits per heavy atom. The van der Waals surface area contributed by atoms with Crippen LogP contribution in [0.2, 0.25) is 0 Å². The van der Waals surface area contributed by atoms with Crippen LogP contribution in [0.5, 0.6) is 0 Å². The topological polar surface area (TPSA) is 237 Å². The smallest absolute Gasteiger partial charge is 0.462 e. The van der Waals surface area contributed by atoms with Crippen LogP contribution in [0, 0.1) is 5.92 Å². The van der Waals surface area contributed by atoms with Crippen molar-refractivity contribution in [1.82, 2.24) is 0 Å². The average Bonchev–Trinajstić information content (AvgIpc) is 0.911. The van der Waals surface area contributed by atoms with Crippen molar-refractivity contribution < 1.29 is 80.2 Å². The number of hydrogen-bond donors (Lipinski definition) is 3. The van der Waals surface area contributed by atoms with Gasteiger partial charge in [-0.15, -0.1) is 0 Å². The molecule has 0 saturated carbocycles. The number of hydrogen-bond acceptors (Lipinski definition) is 15. The summed E-state index contributed by atoms with van der Waals surface area (Å²) in [5.41, 5.74) is 0. The molecule has 17 nitrogen and oxygen atoms in total. The van der Waals surface area contributed by atoms with Crippen LogP contribution in [0.15, 0.2) is 24.3 Å². The summed E-state index contributed by atoms with van der Waals surface area (Å²) < 4.78 is 68.7. The lowest BCUT2D eigenvalue weighted by atomic mass is 10.0. The Labute approximate surface area is 624 Å². The molecule has 0 heterocycles. The van der Waals surface area contributed by atoms with Crippen LogP contribution in [-0.2, 0) is 65.4 Å². The Kier molecular flexibility index (Phi) is 73.5. The first-order chi connectivity index (χ1) is 49.5. The predicted molar refractivity (Wildman–Crippen MR) is 418 cm³/mol. The molecule has 2 unspecified atom stereocenters. The van der Waals surface area contributed by atoms with Crippen molar-refractivity contribution in [3.63, 3.8) is 0 Å². The molecule has 0 amide bonds. The normalized spacial score (nSPS) is 14.0. The summed E-state index contributed by atoms with van der Waals surface area (Å²) in [5, 5.41) is 10.6. The van der Waals surface area contributed by atoms with Crippen molar-refractivity contribution in [2.24, 2.45) is 5.92 Å². The molecule has 0 aliphatic rings. The molecule has 0 aliphatic heterocycles. The third-order valence-corrected chi connectivity index (χ3v) is 20.8. The number of phosphoric ester groups is 2. The van der Waals surface area contributed by atoms with Crippen LogP contribution in [-0.4, -0.2) is 96.7 Å². The van der Waals surface area contributed by atoms with Crippen molar-refractivity contribution in [2.75, 3.05) is 39.6 Å². The zero-order chi connectivity index (χ0) is 74.8. The minimum atomic E-state index is -4.97. The maximum absolute atomic E-state index is 13.1. The van der Waals surface area contributed by atoms with Crippen molar-refractivity contribution in [3.8, 4) is 0 Å². The highest BCUT2D eigenvalue weighted by atomic mass is 31.2. The SMILES string of the molecule is CCCCCC/C=C\C=C/CCCCCCCC(=O)O[C@H](COC(=O)CCCCCCCCCCCC)COP(=O)(O)OC[C@H](O)COP(=O)(O)OC[C@@H](COC(=O)CCCCCCCCCCCCCCCCCC(C)C)OC(=O)CCCCCCCCCCCCCCCCCCCCC. The molecule has 0 radical (unpaired) electrons. The molecular formula is C83H158O17P2. The van der Waals surface area contributed by atoms with Gasteiger partial charge in [0.05, 0.1) is 26.4 Å². The molecule has 19 heteroatoms. The van der Waals surface area contributed by atoms with Crippen molar-refractivity contribution in [1.29, 1.82) is 0 Å². The third kappa shape index (κ3) is 75.8. The van der Waals surface area contributed by atoms with Crippen LogP contribution in [0.25, 0.3) is 0 Å². The molecule has 0 bridgehead atoms. The van der Waals surface area contributed by atoms with Gasteiger partial charge in [0.2, 0.25) is 0 Å². The minimum absolute atomic E-state index is 0.0856. The molecule has 3 N–H and O–H groups in total. The quantitative estimate of drug-likeness (QED) is 0.0169.